The Kier molecular flexibility index (Phi) is 11.3. The van der Waals surface area contributed by atoms with Gasteiger partial charge in [-0.2, -0.15) is 4.57 Å². The van der Waals surface area contributed by atoms with E-state index in [2.05, 4.69) is 88.7 Å². The molecule has 0 bridgehead atoms. The number of esters is 1. The molecule has 11 heteroatoms. The lowest BCUT2D eigenvalue weighted by Gasteiger charge is -2.28. The van der Waals surface area contributed by atoms with Gasteiger partial charge in [0.1, 0.15) is 18.2 Å². The maximum Gasteiger partial charge on any atom is 0.673 e. The summed E-state index contributed by atoms with van der Waals surface area (Å²) < 4.78 is 52.0. The van der Waals surface area contributed by atoms with Gasteiger partial charge >= 0.3 is 19.3 Å². The number of nitrogens with zero attached hydrogens (tertiary/aromatic N) is 1. The minimum absolute atomic E-state index is 0.460. The number of nitrogens with one attached hydrogen (secondary N) is 1. The number of hydrogen-bond donors (Lipinski definition) is 1. The Morgan fingerprint density at radius 3 is 1.78 bits per heavy atom. The Hall–Kier alpha value is -4.67. The Bertz CT molecular complexity index is 1760. The summed E-state index contributed by atoms with van der Waals surface area (Å²) >= 11 is 0. The van der Waals surface area contributed by atoms with Gasteiger partial charge in [0.05, 0.1) is 7.11 Å². The van der Waals surface area contributed by atoms with E-state index in [1.54, 1.807) is 20.8 Å². The summed E-state index contributed by atoms with van der Waals surface area (Å²) in [6, 6.07) is 27.8. The summed E-state index contributed by atoms with van der Waals surface area (Å²) in [4.78, 5) is 25.1. The zero-order chi connectivity index (χ0) is 36.1. The highest BCUT2D eigenvalue weighted by Gasteiger charge is 2.37. The lowest BCUT2D eigenvalue weighted by molar-refractivity contribution is -0.676. The molecule has 3 aromatic carbocycles. The van der Waals surface area contributed by atoms with Crippen LogP contribution in [0.1, 0.15) is 62.3 Å². The van der Waals surface area contributed by atoms with Crippen LogP contribution in [-0.2, 0) is 46.5 Å². The summed E-state index contributed by atoms with van der Waals surface area (Å²) in [6.45, 7) is 6.20. The molecule has 0 aliphatic heterocycles. The van der Waals surface area contributed by atoms with Gasteiger partial charge in [-0.05, 0) is 88.1 Å². The van der Waals surface area contributed by atoms with Crippen LogP contribution in [0.25, 0.3) is 33.6 Å². The van der Waals surface area contributed by atoms with Crippen LogP contribution in [0.5, 0.6) is 0 Å². The second-order valence-corrected chi connectivity index (χ2v) is 13.6. The van der Waals surface area contributed by atoms with Crippen LogP contribution in [0.4, 0.5) is 22.1 Å². The molecule has 0 saturated carbocycles. The van der Waals surface area contributed by atoms with Gasteiger partial charge in [0.25, 0.3) is 0 Å². The number of methoxy groups -OCH3 is 1. The first-order valence-electron chi connectivity index (χ1n) is 17.0. The number of unbranched alkanes of at least 4 members (excludes halogenated alkanes) is 1. The smallest absolute Gasteiger partial charge is 0.467 e. The average molecular weight is 691 g/mol. The number of pyridine rings is 1. The summed E-state index contributed by atoms with van der Waals surface area (Å²) in [5, 5.41) is 2.73. The van der Waals surface area contributed by atoms with E-state index >= 15 is 0 Å². The fraction of sp³-hybridized carbons (Fsp3) is 0.359. The second-order valence-electron chi connectivity index (χ2n) is 13.6. The number of benzene rings is 3. The van der Waals surface area contributed by atoms with Crippen molar-refractivity contribution >= 4 is 19.3 Å². The van der Waals surface area contributed by atoms with E-state index in [1.807, 2.05) is 0 Å². The van der Waals surface area contributed by atoms with E-state index in [4.69, 9.17) is 9.47 Å². The van der Waals surface area contributed by atoms with Gasteiger partial charge in [-0.15, -0.1) is 0 Å². The zero-order valence-electron chi connectivity index (χ0n) is 28.9. The van der Waals surface area contributed by atoms with Gasteiger partial charge in [0, 0.05) is 34.2 Å². The van der Waals surface area contributed by atoms with Gasteiger partial charge in [-0.25, -0.2) is 9.59 Å². The number of aromatic nitrogens is 1. The summed E-state index contributed by atoms with van der Waals surface area (Å²) in [6.07, 6.45) is 5.46. The molecule has 0 saturated heterocycles. The molecule has 1 unspecified atom stereocenters. The molecule has 264 valence electrons. The van der Waals surface area contributed by atoms with Crippen molar-refractivity contribution in [2.24, 2.45) is 0 Å². The number of halogens is 4. The highest BCUT2D eigenvalue weighted by molar-refractivity contribution is 6.50. The first-order chi connectivity index (χ1) is 23.7. The van der Waals surface area contributed by atoms with Crippen LogP contribution in [0, 0.1) is 0 Å². The number of alkyl carbamates (subject to hydrolysis) is 1. The molecule has 4 aromatic rings. The minimum atomic E-state index is -6.00. The summed E-state index contributed by atoms with van der Waals surface area (Å²) in [5.41, 5.74) is 12.9. The third-order valence-electron chi connectivity index (χ3n) is 8.91. The molecule has 0 fully saturated rings. The zero-order valence-corrected chi connectivity index (χ0v) is 28.9. The third kappa shape index (κ3) is 8.92. The Labute approximate surface area is 290 Å². The van der Waals surface area contributed by atoms with Crippen molar-refractivity contribution in [1.82, 2.24) is 5.32 Å². The second kappa shape index (κ2) is 15.5. The molecule has 2 aliphatic carbocycles. The van der Waals surface area contributed by atoms with Crippen molar-refractivity contribution in [3.8, 4) is 33.6 Å². The molecule has 6 nitrogen and oxygen atoms in total. The maximum absolute atomic E-state index is 12.6. The number of ether oxygens (including phenoxy) is 2. The largest absolute Gasteiger partial charge is 0.673 e. The van der Waals surface area contributed by atoms with E-state index < -0.39 is 31.0 Å². The van der Waals surface area contributed by atoms with Gasteiger partial charge in [-0.1, -0.05) is 66.7 Å². The number of rotatable bonds is 8. The SMILES string of the molecule is COC(=O)C(CCCC[n+]1c2c(c(-c3ccccc3)c3c1-c1ccccc1CC3)CCc1ccccc1-2)NC(=O)OC(C)(C)C.F[B-](F)(F)F. The normalized spacial score (nSPS) is 13.7. The highest BCUT2D eigenvalue weighted by Crippen LogP contribution is 2.44. The van der Waals surface area contributed by atoms with Gasteiger partial charge in [0.15, 0.2) is 0 Å². The average Bonchev–Trinajstić information content (AvgIpc) is 3.07. The number of carbonyl (C=O) groups is 2. The van der Waals surface area contributed by atoms with Crippen molar-refractivity contribution in [3.05, 3.63) is 101 Å². The first kappa shape index (κ1) is 36.6. The number of fused-ring (bicyclic) bond motifs is 6. The monoisotopic (exact) mass is 690 g/mol. The lowest BCUT2D eigenvalue weighted by atomic mass is 9.77. The highest BCUT2D eigenvalue weighted by atomic mass is 19.5. The molecular formula is C39H43BF4N2O4. The molecule has 1 atom stereocenters. The van der Waals surface area contributed by atoms with E-state index in [0.29, 0.717) is 6.42 Å². The number of carbonyl (C=O) groups excluding carboxylic acids is 2. The minimum Gasteiger partial charge on any atom is -0.467 e. The molecule has 1 N–H and O–H groups in total. The molecule has 1 heterocycles. The van der Waals surface area contributed by atoms with E-state index in [-0.39, 0.29) is 0 Å². The van der Waals surface area contributed by atoms with Gasteiger partial charge in [-0.3, -0.25) is 0 Å². The van der Waals surface area contributed by atoms with E-state index in [0.717, 1.165) is 45.1 Å². The molecule has 50 heavy (non-hydrogen) atoms. The Balaban J connectivity index is 0.000000908. The summed E-state index contributed by atoms with van der Waals surface area (Å²) in [7, 11) is -4.65. The number of amides is 1. The Morgan fingerprint density at radius 1 is 0.780 bits per heavy atom. The fourth-order valence-corrected chi connectivity index (χ4v) is 7.05. The van der Waals surface area contributed by atoms with Gasteiger partial charge in [0.2, 0.25) is 11.4 Å². The van der Waals surface area contributed by atoms with Crippen LogP contribution >= 0.6 is 0 Å². The van der Waals surface area contributed by atoms with E-state index in [1.165, 1.54) is 63.0 Å². The molecule has 6 rings (SSSR count). The van der Waals surface area contributed by atoms with Crippen LogP contribution < -0.4 is 9.88 Å². The molecular weight excluding hydrogens is 647 g/mol. The fourth-order valence-electron chi connectivity index (χ4n) is 7.05. The molecule has 1 aromatic heterocycles. The standard InChI is InChI=1S/C39H42N2O4.BF4/c1-39(2,3)45-38(43)40-33(37(42)44-4)20-12-13-25-41-35-29-18-10-8-14-26(29)21-23-31(35)34(28-16-6-5-7-17-28)32-24-22-27-15-9-11-19-30(27)36(32)41;2-1(3,4)5/h5-11,14-19,33H,12-13,20-25H2,1-4H3;/q;-1/p+1. The summed E-state index contributed by atoms with van der Waals surface area (Å²) in [5.74, 6) is -0.460. The van der Waals surface area contributed by atoms with Crippen molar-refractivity contribution in [2.45, 2.75) is 83.9 Å². The van der Waals surface area contributed by atoms with Crippen LogP contribution in [0.3, 0.4) is 0 Å². The number of hydrogen-bond acceptors (Lipinski definition) is 4. The maximum atomic E-state index is 12.6. The molecule has 0 spiro atoms. The van der Waals surface area contributed by atoms with Gasteiger partial charge < -0.3 is 32.1 Å². The van der Waals surface area contributed by atoms with Crippen molar-refractivity contribution in [2.75, 3.05) is 7.11 Å². The predicted octanol–water partition coefficient (Wildman–Crippen LogP) is 8.71. The lowest BCUT2D eigenvalue weighted by Crippen LogP contribution is -2.45. The topological polar surface area (TPSA) is 68.5 Å². The molecule has 0 radical (unpaired) electrons. The van der Waals surface area contributed by atoms with Crippen LogP contribution in [-0.4, -0.2) is 38.1 Å². The third-order valence-corrected chi connectivity index (χ3v) is 8.91. The predicted molar refractivity (Wildman–Crippen MR) is 187 cm³/mol. The molecule has 2 aliphatic rings. The van der Waals surface area contributed by atoms with Crippen molar-refractivity contribution < 1.29 is 40.9 Å². The Morgan fingerprint density at radius 2 is 1.28 bits per heavy atom. The quantitative estimate of drug-likeness (QED) is 0.0661. The van der Waals surface area contributed by atoms with E-state index in [9.17, 15) is 26.9 Å². The van der Waals surface area contributed by atoms with Crippen LogP contribution in [0.2, 0.25) is 0 Å². The first-order valence-corrected chi connectivity index (χ1v) is 17.0. The number of aryl methyl sites for hydroxylation is 2. The van der Waals surface area contributed by atoms with Crippen molar-refractivity contribution in [1.29, 1.82) is 0 Å². The van der Waals surface area contributed by atoms with Crippen LogP contribution in [0.15, 0.2) is 78.9 Å². The van der Waals surface area contributed by atoms with Crippen molar-refractivity contribution in [3.63, 3.8) is 0 Å². The molecule has 1 amide bonds.